The van der Waals surface area contributed by atoms with Crippen LogP contribution in [0.2, 0.25) is 0 Å². The van der Waals surface area contributed by atoms with E-state index in [-0.39, 0.29) is 18.1 Å². The lowest BCUT2D eigenvalue weighted by atomic mass is 10.2. The van der Waals surface area contributed by atoms with Gasteiger partial charge < -0.3 is 15.2 Å². The van der Waals surface area contributed by atoms with Crippen molar-refractivity contribution < 1.29 is 13.3 Å². The zero-order chi connectivity index (χ0) is 12.4. The molecule has 17 heavy (non-hydrogen) atoms. The molecule has 0 aliphatic rings. The first kappa shape index (κ1) is 11.4. The predicted octanol–water partition coefficient (Wildman–Crippen LogP) is 2.17. The summed E-state index contributed by atoms with van der Waals surface area (Å²) in [6, 6.07) is 4.80. The molecule has 0 amide bonds. The van der Waals surface area contributed by atoms with Crippen LogP contribution in [0.15, 0.2) is 28.8 Å². The van der Waals surface area contributed by atoms with Crippen LogP contribution in [0.1, 0.15) is 5.76 Å². The van der Waals surface area contributed by atoms with E-state index < -0.39 is 11.6 Å². The molecule has 1 heterocycles. The monoisotopic (exact) mass is 239 g/mol. The molecule has 2 rings (SSSR count). The highest BCUT2D eigenvalue weighted by molar-refractivity contribution is 5.47. The van der Waals surface area contributed by atoms with Gasteiger partial charge in [-0.15, -0.1) is 0 Å². The van der Waals surface area contributed by atoms with Crippen molar-refractivity contribution in [2.24, 2.45) is 0 Å². The third-order valence-electron chi connectivity index (χ3n) is 2.29. The molecule has 1 aromatic heterocycles. The standard InChI is InChI=1S/C11H11F2N3O/c1-16(6-8-5-11(14)15-17-8)10-4-7(12)2-3-9(10)13/h2-5H,6H2,1H3,(H2,14,15). The summed E-state index contributed by atoms with van der Waals surface area (Å²) in [6.45, 7) is 0.255. The van der Waals surface area contributed by atoms with Crippen LogP contribution in [0.25, 0.3) is 0 Å². The number of anilines is 2. The van der Waals surface area contributed by atoms with Crippen molar-refractivity contribution in [3.8, 4) is 0 Å². The quantitative estimate of drug-likeness (QED) is 0.891. The third-order valence-corrected chi connectivity index (χ3v) is 2.29. The summed E-state index contributed by atoms with van der Waals surface area (Å²) < 4.78 is 31.3. The summed E-state index contributed by atoms with van der Waals surface area (Å²) in [7, 11) is 1.62. The molecule has 0 atom stereocenters. The number of aromatic nitrogens is 1. The van der Waals surface area contributed by atoms with Crippen LogP contribution in [0.3, 0.4) is 0 Å². The summed E-state index contributed by atoms with van der Waals surface area (Å²) in [5, 5.41) is 3.51. The topological polar surface area (TPSA) is 55.3 Å². The Bertz CT molecular complexity index is 527. The van der Waals surface area contributed by atoms with Gasteiger partial charge >= 0.3 is 0 Å². The summed E-state index contributed by atoms with van der Waals surface area (Å²) in [5.41, 5.74) is 5.54. The molecule has 0 fully saturated rings. The van der Waals surface area contributed by atoms with Gasteiger partial charge in [0.1, 0.15) is 11.6 Å². The van der Waals surface area contributed by atoms with Crippen molar-refractivity contribution in [1.82, 2.24) is 5.16 Å². The maximum atomic E-state index is 13.4. The molecule has 0 bridgehead atoms. The zero-order valence-electron chi connectivity index (χ0n) is 9.15. The lowest BCUT2D eigenvalue weighted by Gasteiger charge is -2.18. The van der Waals surface area contributed by atoms with Crippen molar-refractivity contribution in [2.45, 2.75) is 6.54 Å². The fourth-order valence-corrected chi connectivity index (χ4v) is 1.50. The summed E-state index contributed by atoms with van der Waals surface area (Å²) >= 11 is 0. The number of benzene rings is 1. The van der Waals surface area contributed by atoms with E-state index >= 15 is 0 Å². The number of nitrogen functional groups attached to an aromatic ring is 1. The van der Waals surface area contributed by atoms with Gasteiger partial charge in [0.05, 0.1) is 12.2 Å². The van der Waals surface area contributed by atoms with Gasteiger partial charge in [0.2, 0.25) is 0 Å². The van der Waals surface area contributed by atoms with Gasteiger partial charge in [-0.3, -0.25) is 0 Å². The Hall–Kier alpha value is -2.11. The summed E-state index contributed by atoms with van der Waals surface area (Å²) in [5.74, 6) is -0.256. The second-order valence-electron chi connectivity index (χ2n) is 3.67. The molecule has 6 heteroatoms. The largest absolute Gasteiger partial charge is 0.381 e. The molecule has 1 aromatic carbocycles. The first-order valence-electron chi connectivity index (χ1n) is 4.93. The van der Waals surface area contributed by atoms with E-state index in [0.717, 1.165) is 18.2 Å². The van der Waals surface area contributed by atoms with Crippen LogP contribution in [0, 0.1) is 11.6 Å². The van der Waals surface area contributed by atoms with E-state index in [1.807, 2.05) is 0 Å². The van der Waals surface area contributed by atoms with Crippen molar-refractivity contribution in [2.75, 3.05) is 17.7 Å². The Balaban J connectivity index is 2.19. The van der Waals surface area contributed by atoms with Gasteiger partial charge in [0.15, 0.2) is 11.6 Å². The van der Waals surface area contributed by atoms with Crippen LogP contribution in [0.5, 0.6) is 0 Å². The van der Waals surface area contributed by atoms with E-state index in [0.29, 0.717) is 5.76 Å². The molecular formula is C11H11F2N3O. The lowest BCUT2D eigenvalue weighted by Crippen LogP contribution is -2.17. The highest BCUT2D eigenvalue weighted by Gasteiger charge is 2.11. The summed E-state index contributed by atoms with van der Waals surface area (Å²) in [6.07, 6.45) is 0. The first-order valence-corrected chi connectivity index (χ1v) is 4.93. The van der Waals surface area contributed by atoms with Crippen LogP contribution in [0.4, 0.5) is 20.3 Å². The molecule has 2 N–H and O–H groups in total. The smallest absolute Gasteiger partial charge is 0.167 e. The van der Waals surface area contributed by atoms with Crippen molar-refractivity contribution in [3.63, 3.8) is 0 Å². The molecule has 0 radical (unpaired) electrons. The van der Waals surface area contributed by atoms with E-state index in [1.54, 1.807) is 7.05 Å². The van der Waals surface area contributed by atoms with Crippen LogP contribution in [-0.2, 0) is 6.54 Å². The van der Waals surface area contributed by atoms with Crippen LogP contribution in [-0.4, -0.2) is 12.2 Å². The fraction of sp³-hybridized carbons (Fsp3) is 0.182. The minimum Gasteiger partial charge on any atom is -0.381 e. The Morgan fingerprint density at radius 3 is 2.76 bits per heavy atom. The van der Waals surface area contributed by atoms with Crippen molar-refractivity contribution >= 4 is 11.5 Å². The summed E-state index contributed by atoms with van der Waals surface area (Å²) in [4.78, 5) is 1.51. The fourth-order valence-electron chi connectivity index (χ4n) is 1.50. The SMILES string of the molecule is CN(Cc1cc(N)no1)c1cc(F)ccc1F. The minimum absolute atomic E-state index is 0.153. The molecular weight excluding hydrogens is 228 g/mol. The number of nitrogens with zero attached hydrogens (tertiary/aromatic N) is 2. The Labute approximate surface area is 96.6 Å². The number of nitrogens with two attached hydrogens (primary N) is 1. The van der Waals surface area contributed by atoms with Crippen LogP contribution < -0.4 is 10.6 Å². The molecule has 90 valence electrons. The third kappa shape index (κ3) is 2.52. The average Bonchev–Trinajstić information content (AvgIpc) is 2.67. The van der Waals surface area contributed by atoms with Crippen molar-refractivity contribution in [1.29, 1.82) is 0 Å². The Morgan fingerprint density at radius 1 is 1.35 bits per heavy atom. The molecule has 2 aromatic rings. The second kappa shape index (κ2) is 4.40. The van der Waals surface area contributed by atoms with Gasteiger partial charge in [-0.05, 0) is 12.1 Å². The molecule has 0 unspecified atom stereocenters. The molecule has 0 saturated carbocycles. The van der Waals surface area contributed by atoms with Gasteiger partial charge in [0.25, 0.3) is 0 Å². The number of rotatable bonds is 3. The highest BCUT2D eigenvalue weighted by Crippen LogP contribution is 2.21. The number of halogens is 2. The highest BCUT2D eigenvalue weighted by atomic mass is 19.1. The average molecular weight is 239 g/mol. The number of hydrogen-bond donors (Lipinski definition) is 1. The normalized spacial score (nSPS) is 10.5. The van der Waals surface area contributed by atoms with Gasteiger partial charge in [-0.25, -0.2) is 8.78 Å². The van der Waals surface area contributed by atoms with E-state index in [9.17, 15) is 8.78 Å². The van der Waals surface area contributed by atoms with E-state index in [2.05, 4.69) is 5.16 Å². The predicted molar refractivity (Wildman–Crippen MR) is 59.4 cm³/mol. The maximum Gasteiger partial charge on any atom is 0.167 e. The zero-order valence-corrected chi connectivity index (χ0v) is 9.15. The van der Waals surface area contributed by atoms with Gasteiger partial charge in [-0.2, -0.15) is 0 Å². The molecule has 0 aliphatic carbocycles. The minimum atomic E-state index is -0.499. The molecule has 4 nitrogen and oxygen atoms in total. The van der Waals surface area contributed by atoms with E-state index in [4.69, 9.17) is 10.3 Å². The van der Waals surface area contributed by atoms with Gasteiger partial charge in [0, 0.05) is 19.2 Å². The van der Waals surface area contributed by atoms with Crippen molar-refractivity contribution in [3.05, 3.63) is 41.7 Å². The molecule has 0 saturated heterocycles. The first-order chi connectivity index (χ1) is 8.06. The second-order valence-corrected chi connectivity index (χ2v) is 3.67. The maximum absolute atomic E-state index is 13.4. The Morgan fingerprint density at radius 2 is 2.12 bits per heavy atom. The van der Waals surface area contributed by atoms with Crippen LogP contribution >= 0.6 is 0 Å². The molecule has 0 spiro atoms. The van der Waals surface area contributed by atoms with Gasteiger partial charge in [-0.1, -0.05) is 5.16 Å². The number of hydrogen-bond acceptors (Lipinski definition) is 4. The Kier molecular flexibility index (Phi) is 2.95. The van der Waals surface area contributed by atoms with E-state index in [1.165, 1.54) is 11.0 Å². The lowest BCUT2D eigenvalue weighted by molar-refractivity contribution is 0.385. The molecule has 0 aliphatic heterocycles.